The highest BCUT2D eigenvalue weighted by molar-refractivity contribution is 6.30. The van der Waals surface area contributed by atoms with E-state index in [2.05, 4.69) is 10.2 Å². The van der Waals surface area contributed by atoms with Gasteiger partial charge in [-0.2, -0.15) is 0 Å². The van der Waals surface area contributed by atoms with Crippen LogP contribution in [0, 0.1) is 0 Å². The number of aromatic nitrogens is 2. The van der Waals surface area contributed by atoms with Crippen molar-refractivity contribution in [3.63, 3.8) is 0 Å². The standard InChI is InChI=1S/C10H9ClN4/c11-7-3-1-2-6(4-7)9-5-8(12)10(13)15-14-9/h1-5H,(H2,12,14)(H2,13,15). The first-order valence-corrected chi connectivity index (χ1v) is 4.69. The molecular formula is C10H9ClN4. The SMILES string of the molecule is Nc1cc(-c2cccc(Cl)c2)nnc1N. The Labute approximate surface area is 91.9 Å². The molecule has 0 aliphatic carbocycles. The van der Waals surface area contributed by atoms with E-state index in [1.54, 1.807) is 18.2 Å². The van der Waals surface area contributed by atoms with Crippen LogP contribution in [0.3, 0.4) is 0 Å². The molecule has 76 valence electrons. The van der Waals surface area contributed by atoms with E-state index < -0.39 is 0 Å². The average molecular weight is 221 g/mol. The Bertz CT molecular complexity index is 499. The molecule has 0 saturated heterocycles. The van der Waals surface area contributed by atoms with Gasteiger partial charge >= 0.3 is 0 Å². The molecule has 0 atom stereocenters. The fourth-order valence-electron chi connectivity index (χ4n) is 1.20. The normalized spacial score (nSPS) is 10.2. The minimum atomic E-state index is 0.237. The molecule has 1 heterocycles. The van der Waals surface area contributed by atoms with Gasteiger partial charge in [-0.15, -0.1) is 10.2 Å². The number of nitrogens with zero attached hydrogens (tertiary/aromatic N) is 2. The van der Waals surface area contributed by atoms with E-state index in [0.29, 0.717) is 16.4 Å². The Morgan fingerprint density at radius 3 is 2.53 bits per heavy atom. The van der Waals surface area contributed by atoms with Crippen molar-refractivity contribution in [2.24, 2.45) is 0 Å². The van der Waals surface area contributed by atoms with E-state index in [9.17, 15) is 0 Å². The van der Waals surface area contributed by atoms with Gasteiger partial charge in [0, 0.05) is 10.6 Å². The van der Waals surface area contributed by atoms with Crippen molar-refractivity contribution in [1.29, 1.82) is 0 Å². The molecule has 0 saturated carbocycles. The van der Waals surface area contributed by atoms with Gasteiger partial charge in [-0.25, -0.2) is 0 Å². The number of halogens is 1. The van der Waals surface area contributed by atoms with Crippen LogP contribution in [0.1, 0.15) is 0 Å². The summed E-state index contributed by atoms with van der Waals surface area (Å²) in [5.74, 6) is 0.237. The van der Waals surface area contributed by atoms with Crippen LogP contribution in [0.25, 0.3) is 11.3 Å². The van der Waals surface area contributed by atoms with Crippen molar-refractivity contribution in [1.82, 2.24) is 10.2 Å². The minimum Gasteiger partial charge on any atom is -0.396 e. The molecule has 0 aliphatic rings. The zero-order chi connectivity index (χ0) is 10.8. The second-order valence-electron chi connectivity index (χ2n) is 3.08. The maximum atomic E-state index is 5.86. The second kappa shape index (κ2) is 3.74. The predicted molar refractivity (Wildman–Crippen MR) is 61.3 cm³/mol. The highest BCUT2D eigenvalue weighted by Gasteiger charge is 2.03. The van der Waals surface area contributed by atoms with Crippen LogP contribution < -0.4 is 11.5 Å². The number of rotatable bonds is 1. The molecule has 1 aromatic heterocycles. The third kappa shape index (κ3) is 1.99. The Morgan fingerprint density at radius 2 is 1.87 bits per heavy atom. The molecule has 0 radical (unpaired) electrons. The van der Waals surface area contributed by atoms with Crippen molar-refractivity contribution in [2.45, 2.75) is 0 Å². The van der Waals surface area contributed by atoms with E-state index in [4.69, 9.17) is 23.1 Å². The molecule has 15 heavy (non-hydrogen) atoms. The molecule has 0 unspecified atom stereocenters. The largest absolute Gasteiger partial charge is 0.396 e. The number of nitrogen functional groups attached to an aromatic ring is 2. The lowest BCUT2D eigenvalue weighted by atomic mass is 10.1. The number of hydrogen-bond donors (Lipinski definition) is 2. The molecule has 4 nitrogen and oxygen atoms in total. The Hall–Kier alpha value is -1.81. The lowest BCUT2D eigenvalue weighted by molar-refractivity contribution is 1.05. The number of anilines is 2. The molecular weight excluding hydrogens is 212 g/mol. The van der Waals surface area contributed by atoms with Crippen LogP contribution in [0.2, 0.25) is 5.02 Å². The molecule has 0 amide bonds. The quantitative estimate of drug-likeness (QED) is 0.770. The summed E-state index contributed by atoms with van der Waals surface area (Å²) in [6, 6.07) is 8.98. The molecule has 1 aromatic carbocycles. The topological polar surface area (TPSA) is 77.8 Å². The van der Waals surface area contributed by atoms with Gasteiger partial charge in [0.2, 0.25) is 0 Å². The van der Waals surface area contributed by atoms with Crippen LogP contribution >= 0.6 is 11.6 Å². The van der Waals surface area contributed by atoms with Gasteiger partial charge in [0.05, 0.1) is 11.4 Å². The van der Waals surface area contributed by atoms with E-state index >= 15 is 0 Å². The Kier molecular flexibility index (Phi) is 2.43. The number of benzene rings is 1. The molecule has 5 heteroatoms. The van der Waals surface area contributed by atoms with Crippen molar-refractivity contribution in [2.75, 3.05) is 11.5 Å². The van der Waals surface area contributed by atoms with Crippen LogP contribution in [0.15, 0.2) is 30.3 Å². The fourth-order valence-corrected chi connectivity index (χ4v) is 1.39. The summed E-state index contributed by atoms with van der Waals surface area (Å²) in [5, 5.41) is 8.32. The number of hydrogen-bond acceptors (Lipinski definition) is 4. The third-order valence-electron chi connectivity index (χ3n) is 1.97. The van der Waals surface area contributed by atoms with Crippen molar-refractivity contribution >= 4 is 23.1 Å². The van der Waals surface area contributed by atoms with Gasteiger partial charge in [0.1, 0.15) is 0 Å². The zero-order valence-electron chi connectivity index (χ0n) is 7.81. The number of nitrogens with two attached hydrogens (primary N) is 2. The van der Waals surface area contributed by atoms with E-state index in [0.717, 1.165) is 5.56 Å². The van der Waals surface area contributed by atoms with E-state index in [1.807, 2.05) is 12.1 Å². The summed E-state index contributed by atoms with van der Waals surface area (Å²) in [6.45, 7) is 0. The van der Waals surface area contributed by atoms with E-state index in [1.165, 1.54) is 0 Å². The molecule has 4 N–H and O–H groups in total. The highest BCUT2D eigenvalue weighted by Crippen LogP contribution is 2.23. The predicted octanol–water partition coefficient (Wildman–Crippen LogP) is 1.96. The fraction of sp³-hybridized carbons (Fsp3) is 0. The first kappa shape index (κ1) is 9.73. The van der Waals surface area contributed by atoms with Gasteiger partial charge in [-0.05, 0) is 18.2 Å². The van der Waals surface area contributed by atoms with Gasteiger partial charge < -0.3 is 11.5 Å². The highest BCUT2D eigenvalue weighted by atomic mass is 35.5. The first-order chi connectivity index (χ1) is 7.16. The van der Waals surface area contributed by atoms with Crippen molar-refractivity contribution in [3.8, 4) is 11.3 Å². The molecule has 0 bridgehead atoms. The zero-order valence-corrected chi connectivity index (χ0v) is 8.57. The van der Waals surface area contributed by atoms with Crippen molar-refractivity contribution in [3.05, 3.63) is 35.4 Å². The van der Waals surface area contributed by atoms with Crippen molar-refractivity contribution < 1.29 is 0 Å². The van der Waals surface area contributed by atoms with Gasteiger partial charge in [-0.3, -0.25) is 0 Å². The summed E-state index contributed by atoms with van der Waals surface area (Å²) in [7, 11) is 0. The second-order valence-corrected chi connectivity index (χ2v) is 3.52. The van der Waals surface area contributed by atoms with Gasteiger partial charge in [0.25, 0.3) is 0 Å². The summed E-state index contributed by atoms with van der Waals surface area (Å²) in [5.41, 5.74) is 13.0. The summed E-state index contributed by atoms with van der Waals surface area (Å²) < 4.78 is 0. The Balaban J connectivity index is 2.50. The van der Waals surface area contributed by atoms with Crippen LogP contribution in [-0.2, 0) is 0 Å². The van der Waals surface area contributed by atoms with Gasteiger partial charge in [-0.1, -0.05) is 23.7 Å². The monoisotopic (exact) mass is 220 g/mol. The summed E-state index contributed by atoms with van der Waals surface area (Å²) in [6.07, 6.45) is 0. The lowest BCUT2D eigenvalue weighted by Gasteiger charge is -2.03. The molecule has 2 rings (SSSR count). The molecule has 0 fully saturated rings. The average Bonchev–Trinajstić information content (AvgIpc) is 2.22. The minimum absolute atomic E-state index is 0.237. The lowest BCUT2D eigenvalue weighted by Crippen LogP contribution is -2.00. The van der Waals surface area contributed by atoms with E-state index in [-0.39, 0.29) is 5.82 Å². The molecule has 0 spiro atoms. The Morgan fingerprint density at radius 1 is 1.07 bits per heavy atom. The third-order valence-corrected chi connectivity index (χ3v) is 2.21. The van der Waals surface area contributed by atoms with Crippen LogP contribution in [-0.4, -0.2) is 10.2 Å². The smallest absolute Gasteiger partial charge is 0.169 e. The maximum absolute atomic E-state index is 5.86. The van der Waals surface area contributed by atoms with Gasteiger partial charge in [0.15, 0.2) is 5.82 Å². The molecule has 0 aliphatic heterocycles. The summed E-state index contributed by atoms with van der Waals surface area (Å²) in [4.78, 5) is 0. The summed E-state index contributed by atoms with van der Waals surface area (Å²) >= 11 is 5.86. The first-order valence-electron chi connectivity index (χ1n) is 4.31. The molecule has 2 aromatic rings. The van der Waals surface area contributed by atoms with Crippen LogP contribution in [0.5, 0.6) is 0 Å². The van der Waals surface area contributed by atoms with Crippen LogP contribution in [0.4, 0.5) is 11.5 Å². The maximum Gasteiger partial charge on any atom is 0.169 e.